The molecular weight excluding hydrogens is 188 g/mol. The number of nitrogens with zero attached hydrogens (tertiary/aromatic N) is 1. The van der Waals surface area contributed by atoms with Crippen LogP contribution in [0.2, 0.25) is 0 Å². The van der Waals surface area contributed by atoms with Crippen molar-refractivity contribution in [2.24, 2.45) is 0 Å². The third kappa shape index (κ3) is 1.91. The van der Waals surface area contributed by atoms with E-state index in [4.69, 9.17) is 4.74 Å². The third-order valence-electron chi connectivity index (χ3n) is 3.32. The average Bonchev–Trinajstić information content (AvgIpc) is 2.48. The molecule has 0 bridgehead atoms. The fourth-order valence-electron chi connectivity index (χ4n) is 2.57. The lowest BCUT2D eigenvalue weighted by atomic mass is 9.86. The molecule has 0 aromatic heterocycles. The fraction of sp³-hybridized carbons (Fsp3) is 1.00. The maximum absolute atomic E-state index is 12.7. The minimum absolute atomic E-state index is 0.0488. The van der Waals surface area contributed by atoms with Gasteiger partial charge >= 0.3 is 0 Å². The Morgan fingerprint density at radius 2 is 2.14 bits per heavy atom. The zero-order chi connectivity index (χ0) is 10.2. The summed E-state index contributed by atoms with van der Waals surface area (Å²) in [5, 5.41) is 0. The topological polar surface area (TPSA) is 12.5 Å². The molecule has 0 amide bonds. The maximum atomic E-state index is 12.7. The molecule has 0 N–H and O–H groups in total. The Kier molecular flexibility index (Phi) is 2.75. The highest BCUT2D eigenvalue weighted by Crippen LogP contribution is 2.42. The number of ether oxygens (including phenoxy) is 1. The van der Waals surface area contributed by atoms with Crippen LogP contribution in [0, 0.1) is 0 Å². The van der Waals surface area contributed by atoms with Crippen LogP contribution >= 0.6 is 0 Å². The fourth-order valence-corrected chi connectivity index (χ4v) is 2.57. The molecule has 0 aromatic rings. The van der Waals surface area contributed by atoms with Crippen molar-refractivity contribution in [2.75, 3.05) is 20.3 Å². The van der Waals surface area contributed by atoms with Crippen molar-refractivity contribution < 1.29 is 13.5 Å². The molecule has 2 rings (SSSR count). The Bertz CT molecular complexity index is 202. The van der Waals surface area contributed by atoms with Crippen molar-refractivity contribution in [1.82, 2.24) is 4.90 Å². The SMILES string of the molecule is COC[C@@H]1CCCN1C1CC(F)(F)C1. The van der Waals surface area contributed by atoms with Crippen LogP contribution in [0.25, 0.3) is 0 Å². The number of halogens is 2. The van der Waals surface area contributed by atoms with Gasteiger partial charge in [-0.3, -0.25) is 4.90 Å². The lowest BCUT2D eigenvalue weighted by Crippen LogP contribution is -2.53. The molecule has 1 saturated carbocycles. The highest BCUT2D eigenvalue weighted by Gasteiger charge is 2.49. The molecule has 4 heteroatoms. The molecule has 14 heavy (non-hydrogen) atoms. The van der Waals surface area contributed by atoms with Gasteiger partial charge in [0.15, 0.2) is 0 Å². The van der Waals surface area contributed by atoms with Crippen molar-refractivity contribution in [3.05, 3.63) is 0 Å². The largest absolute Gasteiger partial charge is 0.383 e. The maximum Gasteiger partial charge on any atom is 0.251 e. The van der Waals surface area contributed by atoms with Gasteiger partial charge in [-0.1, -0.05) is 0 Å². The second kappa shape index (κ2) is 3.74. The van der Waals surface area contributed by atoms with E-state index in [9.17, 15) is 8.78 Å². The average molecular weight is 205 g/mol. The molecule has 2 nitrogen and oxygen atoms in total. The van der Waals surface area contributed by atoms with Gasteiger partial charge < -0.3 is 4.74 Å². The summed E-state index contributed by atoms with van der Waals surface area (Å²) in [6, 6.07) is 0.480. The summed E-state index contributed by atoms with van der Waals surface area (Å²) in [5.74, 6) is -2.40. The minimum Gasteiger partial charge on any atom is -0.383 e. The van der Waals surface area contributed by atoms with E-state index in [0.29, 0.717) is 12.6 Å². The number of methoxy groups -OCH3 is 1. The van der Waals surface area contributed by atoms with Crippen LogP contribution in [0.15, 0.2) is 0 Å². The van der Waals surface area contributed by atoms with Gasteiger partial charge in [-0.15, -0.1) is 0 Å². The van der Waals surface area contributed by atoms with E-state index in [1.54, 1.807) is 7.11 Å². The molecule has 0 spiro atoms. The quantitative estimate of drug-likeness (QED) is 0.697. The van der Waals surface area contributed by atoms with Crippen LogP contribution in [0.3, 0.4) is 0 Å². The van der Waals surface area contributed by atoms with E-state index in [-0.39, 0.29) is 18.9 Å². The van der Waals surface area contributed by atoms with Crippen LogP contribution in [0.1, 0.15) is 25.7 Å². The first kappa shape index (κ1) is 10.3. The first-order chi connectivity index (χ1) is 6.62. The lowest BCUT2D eigenvalue weighted by Gasteiger charge is -2.43. The summed E-state index contributed by atoms with van der Waals surface area (Å²) in [4.78, 5) is 2.21. The standard InChI is InChI=1S/C10H17F2NO/c1-14-7-8-3-2-4-13(8)9-5-10(11,12)6-9/h8-9H,2-7H2,1H3/t8-/m0/s1. The number of hydrogen-bond acceptors (Lipinski definition) is 2. The summed E-state index contributed by atoms with van der Waals surface area (Å²) < 4.78 is 30.5. The van der Waals surface area contributed by atoms with Gasteiger partial charge in [-0.2, -0.15) is 0 Å². The predicted molar refractivity (Wildman–Crippen MR) is 49.6 cm³/mol. The summed E-state index contributed by atoms with van der Waals surface area (Å²) in [5.41, 5.74) is 0. The van der Waals surface area contributed by atoms with Gasteiger partial charge in [0.05, 0.1) is 6.61 Å². The molecule has 82 valence electrons. The van der Waals surface area contributed by atoms with Crippen molar-refractivity contribution in [3.8, 4) is 0 Å². The molecule has 0 unspecified atom stereocenters. The zero-order valence-corrected chi connectivity index (χ0v) is 8.51. The summed E-state index contributed by atoms with van der Waals surface area (Å²) in [7, 11) is 1.67. The second-order valence-corrected chi connectivity index (χ2v) is 4.41. The number of likely N-dealkylation sites (tertiary alicyclic amines) is 1. The Hall–Kier alpha value is -0.220. The lowest BCUT2D eigenvalue weighted by molar-refractivity contribution is -0.129. The number of alkyl halides is 2. The molecule has 0 aromatic carbocycles. The van der Waals surface area contributed by atoms with Gasteiger partial charge in [0.1, 0.15) is 0 Å². The third-order valence-corrected chi connectivity index (χ3v) is 3.32. The van der Waals surface area contributed by atoms with E-state index in [0.717, 1.165) is 19.4 Å². The first-order valence-electron chi connectivity index (χ1n) is 5.25. The van der Waals surface area contributed by atoms with Crippen LogP contribution in [-0.4, -0.2) is 43.2 Å². The Morgan fingerprint density at radius 3 is 2.71 bits per heavy atom. The van der Waals surface area contributed by atoms with Crippen LogP contribution in [0.5, 0.6) is 0 Å². The van der Waals surface area contributed by atoms with Crippen molar-refractivity contribution in [3.63, 3.8) is 0 Å². The molecule has 0 radical (unpaired) electrons. The molecular formula is C10H17F2NO. The van der Waals surface area contributed by atoms with Gasteiger partial charge in [0.25, 0.3) is 5.92 Å². The highest BCUT2D eigenvalue weighted by molar-refractivity contribution is 4.97. The normalized spacial score (nSPS) is 33.2. The van der Waals surface area contributed by atoms with E-state index in [2.05, 4.69) is 4.90 Å². The molecule has 1 heterocycles. The molecule has 1 atom stereocenters. The van der Waals surface area contributed by atoms with Crippen LogP contribution in [-0.2, 0) is 4.74 Å². The van der Waals surface area contributed by atoms with E-state index < -0.39 is 5.92 Å². The molecule has 1 aliphatic heterocycles. The van der Waals surface area contributed by atoms with Gasteiger partial charge in [-0.25, -0.2) is 8.78 Å². The predicted octanol–water partition coefficient (Wildman–Crippen LogP) is 1.89. The highest BCUT2D eigenvalue weighted by atomic mass is 19.3. The van der Waals surface area contributed by atoms with Crippen LogP contribution in [0.4, 0.5) is 8.78 Å². The summed E-state index contributed by atoms with van der Waals surface area (Å²) >= 11 is 0. The number of hydrogen-bond donors (Lipinski definition) is 0. The van der Waals surface area contributed by atoms with Gasteiger partial charge in [-0.05, 0) is 19.4 Å². The van der Waals surface area contributed by atoms with E-state index >= 15 is 0 Å². The van der Waals surface area contributed by atoms with Crippen LogP contribution < -0.4 is 0 Å². The summed E-state index contributed by atoms with van der Waals surface area (Å²) in [6.07, 6.45) is 2.31. The molecule has 1 aliphatic carbocycles. The van der Waals surface area contributed by atoms with Crippen molar-refractivity contribution >= 4 is 0 Å². The second-order valence-electron chi connectivity index (χ2n) is 4.41. The Balaban J connectivity index is 1.85. The first-order valence-corrected chi connectivity index (χ1v) is 5.25. The Morgan fingerprint density at radius 1 is 1.43 bits per heavy atom. The zero-order valence-electron chi connectivity index (χ0n) is 8.51. The molecule has 2 fully saturated rings. The van der Waals surface area contributed by atoms with Crippen molar-refractivity contribution in [1.29, 1.82) is 0 Å². The van der Waals surface area contributed by atoms with E-state index in [1.807, 2.05) is 0 Å². The van der Waals surface area contributed by atoms with Crippen molar-refractivity contribution in [2.45, 2.75) is 43.7 Å². The Labute approximate surface area is 83.2 Å². The number of rotatable bonds is 3. The molecule has 1 saturated heterocycles. The monoisotopic (exact) mass is 205 g/mol. The van der Waals surface area contributed by atoms with Gasteiger partial charge in [0.2, 0.25) is 0 Å². The summed E-state index contributed by atoms with van der Waals surface area (Å²) in [6.45, 7) is 1.65. The molecule has 2 aliphatic rings. The van der Waals surface area contributed by atoms with E-state index in [1.165, 1.54) is 0 Å². The smallest absolute Gasteiger partial charge is 0.251 e. The van der Waals surface area contributed by atoms with Gasteiger partial charge in [0, 0.05) is 32.0 Å². The minimum atomic E-state index is -2.40.